The van der Waals surface area contributed by atoms with Gasteiger partial charge >= 0.3 is 0 Å². The van der Waals surface area contributed by atoms with Crippen molar-refractivity contribution in [3.05, 3.63) is 24.0 Å². The van der Waals surface area contributed by atoms with Gasteiger partial charge in [-0.05, 0) is 12.1 Å². The number of rotatable bonds is 3. The van der Waals surface area contributed by atoms with Crippen LogP contribution in [-0.2, 0) is 6.54 Å². The first-order chi connectivity index (χ1) is 5.53. The fraction of sp³-hybridized carbons (Fsp3) is 0.375. The van der Waals surface area contributed by atoms with E-state index in [1.165, 1.54) is 16.8 Å². The Bertz CT molecular complexity index is 275. The molecule has 2 nitrogen and oxygen atoms in total. The zero-order valence-corrected chi connectivity index (χ0v) is 6.63. The number of halogens is 2. The summed E-state index contributed by atoms with van der Waals surface area (Å²) in [4.78, 5) is 10.3. The SMILES string of the molecule is CC(F)(F)Cn1cccc1C=O. The van der Waals surface area contributed by atoms with Gasteiger partial charge in [0.25, 0.3) is 5.92 Å². The van der Waals surface area contributed by atoms with Crippen LogP contribution in [0.4, 0.5) is 8.78 Å². The summed E-state index contributed by atoms with van der Waals surface area (Å²) >= 11 is 0. The minimum absolute atomic E-state index is 0.275. The highest BCUT2D eigenvalue weighted by atomic mass is 19.3. The molecule has 0 aromatic carbocycles. The van der Waals surface area contributed by atoms with Crippen LogP contribution < -0.4 is 0 Å². The molecule has 0 bridgehead atoms. The molecule has 0 spiro atoms. The lowest BCUT2D eigenvalue weighted by Gasteiger charge is -2.11. The fourth-order valence-electron chi connectivity index (χ4n) is 0.977. The Balaban J connectivity index is 2.81. The summed E-state index contributed by atoms with van der Waals surface area (Å²) in [6.07, 6.45) is 2.02. The number of alkyl halides is 2. The Hall–Kier alpha value is -1.19. The topological polar surface area (TPSA) is 22.0 Å². The molecular weight excluding hydrogens is 164 g/mol. The quantitative estimate of drug-likeness (QED) is 0.640. The lowest BCUT2D eigenvalue weighted by atomic mass is 10.3. The highest BCUT2D eigenvalue weighted by molar-refractivity contribution is 5.72. The van der Waals surface area contributed by atoms with Crippen molar-refractivity contribution in [2.75, 3.05) is 0 Å². The van der Waals surface area contributed by atoms with Crippen molar-refractivity contribution in [3.63, 3.8) is 0 Å². The van der Waals surface area contributed by atoms with Gasteiger partial charge in [-0.2, -0.15) is 0 Å². The van der Waals surface area contributed by atoms with Crippen LogP contribution in [0.3, 0.4) is 0 Å². The monoisotopic (exact) mass is 173 g/mol. The molecule has 1 aromatic heterocycles. The van der Waals surface area contributed by atoms with Crippen molar-refractivity contribution >= 4 is 6.29 Å². The molecule has 0 saturated heterocycles. The van der Waals surface area contributed by atoms with Gasteiger partial charge in [-0.1, -0.05) is 0 Å². The van der Waals surface area contributed by atoms with Gasteiger partial charge in [-0.25, -0.2) is 8.78 Å². The Morgan fingerprint density at radius 3 is 2.83 bits per heavy atom. The van der Waals surface area contributed by atoms with Crippen LogP contribution in [0.2, 0.25) is 0 Å². The zero-order valence-electron chi connectivity index (χ0n) is 6.63. The Morgan fingerprint density at radius 1 is 1.67 bits per heavy atom. The van der Waals surface area contributed by atoms with Crippen LogP contribution in [0.5, 0.6) is 0 Å². The largest absolute Gasteiger partial charge is 0.339 e. The third-order valence-corrected chi connectivity index (χ3v) is 1.43. The highest BCUT2D eigenvalue weighted by Crippen LogP contribution is 2.15. The molecule has 12 heavy (non-hydrogen) atoms. The summed E-state index contributed by atoms with van der Waals surface area (Å²) in [6, 6.07) is 3.06. The second-order valence-electron chi connectivity index (χ2n) is 2.75. The number of carbonyl (C=O) groups excluding carboxylic acids is 1. The minimum Gasteiger partial charge on any atom is -0.339 e. The van der Waals surface area contributed by atoms with Crippen molar-refractivity contribution in [1.29, 1.82) is 0 Å². The summed E-state index contributed by atoms with van der Waals surface area (Å²) in [5.74, 6) is -2.78. The third kappa shape index (κ3) is 2.15. The maximum absolute atomic E-state index is 12.5. The van der Waals surface area contributed by atoms with Gasteiger partial charge in [0.05, 0.1) is 12.2 Å². The fourth-order valence-corrected chi connectivity index (χ4v) is 0.977. The summed E-state index contributed by atoms with van der Waals surface area (Å²) in [6.45, 7) is 0.371. The molecule has 0 unspecified atom stereocenters. The molecule has 1 aromatic rings. The standard InChI is InChI=1S/C8H9F2NO/c1-8(9,10)6-11-4-2-3-7(11)5-12/h2-5H,6H2,1H3. The molecule has 0 atom stereocenters. The number of carbonyl (C=O) groups is 1. The van der Waals surface area contributed by atoms with E-state index in [4.69, 9.17) is 0 Å². The van der Waals surface area contributed by atoms with Gasteiger partial charge in [0.2, 0.25) is 0 Å². The molecule has 0 saturated carbocycles. The molecule has 0 radical (unpaired) electrons. The smallest absolute Gasteiger partial charge is 0.262 e. The molecule has 0 N–H and O–H groups in total. The minimum atomic E-state index is -2.78. The molecule has 0 aliphatic heterocycles. The van der Waals surface area contributed by atoms with Crippen LogP contribution in [0.25, 0.3) is 0 Å². The van der Waals surface area contributed by atoms with E-state index >= 15 is 0 Å². The molecule has 0 aliphatic rings. The number of hydrogen-bond donors (Lipinski definition) is 0. The normalized spacial score (nSPS) is 11.6. The van der Waals surface area contributed by atoms with Crippen molar-refractivity contribution in [1.82, 2.24) is 4.57 Å². The Morgan fingerprint density at radius 2 is 2.33 bits per heavy atom. The van der Waals surface area contributed by atoms with E-state index in [0.29, 0.717) is 6.29 Å². The van der Waals surface area contributed by atoms with E-state index in [9.17, 15) is 13.6 Å². The maximum Gasteiger partial charge on any atom is 0.262 e. The first-order valence-corrected chi connectivity index (χ1v) is 3.51. The predicted octanol–water partition coefficient (Wildman–Crippen LogP) is 1.96. The average molecular weight is 173 g/mol. The molecular formula is C8H9F2NO. The lowest BCUT2D eigenvalue weighted by Crippen LogP contribution is -2.19. The molecule has 4 heteroatoms. The lowest BCUT2D eigenvalue weighted by molar-refractivity contribution is 0.00369. The summed E-state index contributed by atoms with van der Waals surface area (Å²) in [5.41, 5.74) is 0.275. The summed E-state index contributed by atoms with van der Waals surface area (Å²) in [5, 5.41) is 0. The average Bonchev–Trinajstić information content (AvgIpc) is 2.31. The van der Waals surface area contributed by atoms with E-state index in [1.807, 2.05) is 0 Å². The van der Waals surface area contributed by atoms with Crippen LogP contribution >= 0.6 is 0 Å². The van der Waals surface area contributed by atoms with Gasteiger partial charge in [0.15, 0.2) is 6.29 Å². The van der Waals surface area contributed by atoms with Gasteiger partial charge < -0.3 is 4.57 Å². The first kappa shape index (κ1) is 8.90. The van der Waals surface area contributed by atoms with Crippen molar-refractivity contribution in [3.8, 4) is 0 Å². The van der Waals surface area contributed by atoms with Crippen LogP contribution in [0, 0.1) is 0 Å². The van der Waals surface area contributed by atoms with Gasteiger partial charge in [-0.3, -0.25) is 4.79 Å². The van der Waals surface area contributed by atoms with E-state index in [2.05, 4.69) is 0 Å². The number of aromatic nitrogens is 1. The molecule has 0 aliphatic carbocycles. The first-order valence-electron chi connectivity index (χ1n) is 3.51. The molecule has 0 amide bonds. The Kier molecular flexibility index (Phi) is 2.26. The van der Waals surface area contributed by atoms with Gasteiger partial charge in [-0.15, -0.1) is 0 Å². The van der Waals surface area contributed by atoms with Gasteiger partial charge in [0, 0.05) is 13.1 Å². The van der Waals surface area contributed by atoms with Crippen LogP contribution in [0.15, 0.2) is 18.3 Å². The van der Waals surface area contributed by atoms with Crippen molar-refractivity contribution in [2.24, 2.45) is 0 Å². The number of hydrogen-bond acceptors (Lipinski definition) is 1. The van der Waals surface area contributed by atoms with Crippen molar-refractivity contribution in [2.45, 2.75) is 19.4 Å². The number of nitrogens with zero attached hydrogens (tertiary/aromatic N) is 1. The summed E-state index contributed by atoms with van der Waals surface area (Å²) in [7, 11) is 0. The van der Waals surface area contributed by atoms with Crippen LogP contribution in [0.1, 0.15) is 17.4 Å². The second kappa shape index (κ2) is 3.05. The van der Waals surface area contributed by atoms with Crippen LogP contribution in [-0.4, -0.2) is 16.8 Å². The van der Waals surface area contributed by atoms with E-state index < -0.39 is 12.5 Å². The maximum atomic E-state index is 12.5. The van der Waals surface area contributed by atoms with E-state index in [0.717, 1.165) is 6.92 Å². The molecule has 66 valence electrons. The van der Waals surface area contributed by atoms with E-state index in [1.54, 1.807) is 6.07 Å². The number of aldehydes is 1. The second-order valence-corrected chi connectivity index (χ2v) is 2.75. The Labute approximate surface area is 68.8 Å². The third-order valence-electron chi connectivity index (χ3n) is 1.43. The predicted molar refractivity (Wildman–Crippen MR) is 40.4 cm³/mol. The molecule has 0 fully saturated rings. The van der Waals surface area contributed by atoms with Crippen molar-refractivity contribution < 1.29 is 13.6 Å². The molecule has 1 rings (SSSR count). The zero-order chi connectivity index (χ0) is 9.19. The summed E-state index contributed by atoms with van der Waals surface area (Å²) < 4.78 is 26.2. The van der Waals surface area contributed by atoms with E-state index in [-0.39, 0.29) is 5.69 Å². The van der Waals surface area contributed by atoms with Gasteiger partial charge in [0.1, 0.15) is 0 Å². The molecule has 1 heterocycles. The highest BCUT2D eigenvalue weighted by Gasteiger charge is 2.22.